The molecule has 0 saturated carbocycles. The molecule has 0 bridgehead atoms. The number of halogens is 1. The zero-order valence-corrected chi connectivity index (χ0v) is 12.2. The molecule has 1 heterocycles. The number of aryl methyl sites for hydroxylation is 2. The minimum Gasteiger partial charge on any atom is -0.280 e. The van der Waals surface area contributed by atoms with Gasteiger partial charge in [0.05, 0.1) is 0 Å². The molecule has 0 fully saturated rings. The van der Waals surface area contributed by atoms with Crippen molar-refractivity contribution in [1.29, 1.82) is 5.26 Å². The highest BCUT2D eigenvalue weighted by Crippen LogP contribution is 2.17. The summed E-state index contributed by atoms with van der Waals surface area (Å²) in [7, 11) is 0. The fourth-order valence-electron chi connectivity index (χ4n) is 2.25. The second-order valence-corrected chi connectivity index (χ2v) is 4.91. The summed E-state index contributed by atoms with van der Waals surface area (Å²) in [6.07, 6.45) is 1.39. The molecule has 0 amide bonds. The van der Waals surface area contributed by atoms with Crippen molar-refractivity contribution in [2.45, 2.75) is 26.7 Å². The quantitative estimate of drug-likeness (QED) is 0.867. The van der Waals surface area contributed by atoms with Gasteiger partial charge in [-0.15, -0.1) is 0 Å². The van der Waals surface area contributed by atoms with Crippen molar-refractivity contribution in [2.75, 3.05) is 0 Å². The third-order valence-corrected chi connectivity index (χ3v) is 3.56. The van der Waals surface area contributed by atoms with Crippen molar-refractivity contribution in [3.05, 3.63) is 62.5 Å². The van der Waals surface area contributed by atoms with Crippen LogP contribution in [-0.2, 0) is 12.8 Å². The molecule has 1 aromatic carbocycles. The minimum atomic E-state index is -0.258. The molecule has 2 aromatic rings. The minimum absolute atomic E-state index is 0.222. The van der Waals surface area contributed by atoms with Crippen LogP contribution in [0.15, 0.2) is 35.1 Å². The summed E-state index contributed by atoms with van der Waals surface area (Å²) < 4.78 is 1.59. The molecule has 0 saturated heterocycles. The Bertz CT molecular complexity index is 724. The number of pyridine rings is 1. The fraction of sp³-hybridized carbons (Fsp3) is 0.250. The lowest BCUT2D eigenvalue weighted by Gasteiger charge is -2.14. The number of nitrogens with zero attached hydrogens (tertiary/aromatic N) is 2. The van der Waals surface area contributed by atoms with Crippen LogP contribution in [-0.4, -0.2) is 4.57 Å². The maximum absolute atomic E-state index is 12.6. The van der Waals surface area contributed by atoms with E-state index < -0.39 is 0 Å². The predicted octanol–water partition coefficient (Wildman–Crippen LogP) is 3.49. The van der Waals surface area contributed by atoms with Gasteiger partial charge in [0.25, 0.3) is 5.56 Å². The molecule has 3 nitrogen and oxygen atoms in total. The summed E-state index contributed by atoms with van der Waals surface area (Å²) in [5, 5.41) is 9.84. The molecule has 0 aliphatic rings. The number of nitriles is 1. The standard InChI is InChI=1S/C16H15ClN2O/c1-3-11-9-13(4-2)19(16(20)15(11)10-18)14-7-5-12(17)6-8-14/h5-9H,3-4H2,1-2H3. The van der Waals surface area contributed by atoms with Gasteiger partial charge in [-0.25, -0.2) is 0 Å². The van der Waals surface area contributed by atoms with E-state index >= 15 is 0 Å². The summed E-state index contributed by atoms with van der Waals surface area (Å²) >= 11 is 5.88. The molecule has 4 heteroatoms. The SMILES string of the molecule is CCc1cc(CC)n(-c2ccc(Cl)cc2)c(=O)c1C#N. The number of aromatic nitrogens is 1. The maximum atomic E-state index is 12.6. The van der Waals surface area contributed by atoms with E-state index in [9.17, 15) is 10.1 Å². The number of rotatable bonds is 3. The third-order valence-electron chi connectivity index (χ3n) is 3.31. The Morgan fingerprint density at radius 1 is 1.20 bits per heavy atom. The normalized spacial score (nSPS) is 10.3. The average molecular weight is 287 g/mol. The lowest BCUT2D eigenvalue weighted by Crippen LogP contribution is -2.25. The summed E-state index contributed by atoms with van der Waals surface area (Å²) in [5.41, 5.74) is 2.40. The summed E-state index contributed by atoms with van der Waals surface area (Å²) in [5.74, 6) is 0. The number of hydrogen-bond acceptors (Lipinski definition) is 2. The van der Waals surface area contributed by atoms with E-state index in [1.807, 2.05) is 26.0 Å². The van der Waals surface area contributed by atoms with Gasteiger partial charge in [-0.2, -0.15) is 5.26 Å². The zero-order chi connectivity index (χ0) is 14.7. The molecule has 102 valence electrons. The molecule has 0 N–H and O–H groups in total. The Morgan fingerprint density at radius 3 is 2.35 bits per heavy atom. The lowest BCUT2D eigenvalue weighted by molar-refractivity contribution is 0.858. The molecular weight excluding hydrogens is 272 g/mol. The highest BCUT2D eigenvalue weighted by atomic mass is 35.5. The molecule has 0 atom stereocenters. The van der Waals surface area contributed by atoms with Crippen LogP contribution in [0.1, 0.15) is 30.7 Å². The molecule has 0 unspecified atom stereocenters. The van der Waals surface area contributed by atoms with Gasteiger partial charge >= 0.3 is 0 Å². The number of benzene rings is 1. The van der Waals surface area contributed by atoms with Crippen LogP contribution in [0.5, 0.6) is 0 Å². The van der Waals surface area contributed by atoms with Gasteiger partial charge in [0, 0.05) is 16.4 Å². The van der Waals surface area contributed by atoms with Gasteiger partial charge in [-0.1, -0.05) is 25.4 Å². The molecule has 0 spiro atoms. The molecule has 2 rings (SSSR count). The van der Waals surface area contributed by atoms with Crippen molar-refractivity contribution in [3.8, 4) is 11.8 Å². The van der Waals surface area contributed by atoms with Gasteiger partial charge in [0.2, 0.25) is 0 Å². The fourth-order valence-corrected chi connectivity index (χ4v) is 2.38. The highest BCUT2D eigenvalue weighted by molar-refractivity contribution is 6.30. The van der Waals surface area contributed by atoms with Crippen LogP contribution in [0, 0.1) is 11.3 Å². The summed E-state index contributed by atoms with van der Waals surface area (Å²) in [4.78, 5) is 12.6. The average Bonchev–Trinajstić information content (AvgIpc) is 2.47. The van der Waals surface area contributed by atoms with E-state index in [1.54, 1.807) is 28.8 Å². The Labute approximate surface area is 123 Å². The van der Waals surface area contributed by atoms with E-state index in [1.165, 1.54) is 0 Å². The van der Waals surface area contributed by atoms with E-state index in [2.05, 4.69) is 0 Å². The Balaban J connectivity index is 2.78. The summed E-state index contributed by atoms with van der Waals surface area (Å²) in [6, 6.07) is 11.0. The van der Waals surface area contributed by atoms with Crippen LogP contribution in [0.4, 0.5) is 0 Å². The zero-order valence-electron chi connectivity index (χ0n) is 11.5. The predicted molar refractivity (Wildman–Crippen MR) is 80.5 cm³/mol. The topological polar surface area (TPSA) is 45.8 Å². The van der Waals surface area contributed by atoms with Gasteiger partial charge in [-0.3, -0.25) is 9.36 Å². The van der Waals surface area contributed by atoms with E-state index in [4.69, 9.17) is 11.6 Å². The monoisotopic (exact) mass is 286 g/mol. The van der Waals surface area contributed by atoms with Crippen molar-refractivity contribution in [2.24, 2.45) is 0 Å². The Kier molecular flexibility index (Phi) is 4.26. The largest absolute Gasteiger partial charge is 0.280 e. The molecular formula is C16H15ClN2O. The smallest absolute Gasteiger partial charge is 0.273 e. The first-order chi connectivity index (χ1) is 9.62. The van der Waals surface area contributed by atoms with Gasteiger partial charge in [0.15, 0.2) is 0 Å². The lowest BCUT2D eigenvalue weighted by atomic mass is 10.1. The van der Waals surface area contributed by atoms with Crippen molar-refractivity contribution in [3.63, 3.8) is 0 Å². The van der Waals surface area contributed by atoms with Gasteiger partial charge < -0.3 is 0 Å². The van der Waals surface area contributed by atoms with Crippen molar-refractivity contribution >= 4 is 11.6 Å². The van der Waals surface area contributed by atoms with E-state index in [0.717, 1.165) is 23.4 Å². The molecule has 0 radical (unpaired) electrons. The third kappa shape index (κ3) is 2.48. The van der Waals surface area contributed by atoms with Crippen LogP contribution in [0.2, 0.25) is 5.02 Å². The van der Waals surface area contributed by atoms with E-state index in [-0.39, 0.29) is 11.1 Å². The maximum Gasteiger partial charge on any atom is 0.273 e. The second-order valence-electron chi connectivity index (χ2n) is 4.47. The van der Waals surface area contributed by atoms with Crippen molar-refractivity contribution in [1.82, 2.24) is 4.57 Å². The number of hydrogen-bond donors (Lipinski definition) is 0. The van der Waals surface area contributed by atoms with Crippen LogP contribution in [0.25, 0.3) is 5.69 Å². The van der Waals surface area contributed by atoms with Gasteiger partial charge in [-0.05, 0) is 48.7 Å². The highest BCUT2D eigenvalue weighted by Gasteiger charge is 2.14. The van der Waals surface area contributed by atoms with Gasteiger partial charge in [0.1, 0.15) is 11.6 Å². The Morgan fingerprint density at radius 2 is 1.85 bits per heavy atom. The Hall–Kier alpha value is -2.05. The van der Waals surface area contributed by atoms with E-state index in [0.29, 0.717) is 11.4 Å². The molecule has 0 aliphatic carbocycles. The first kappa shape index (κ1) is 14.4. The molecule has 1 aromatic heterocycles. The first-order valence-corrected chi connectivity index (χ1v) is 6.94. The summed E-state index contributed by atoms with van der Waals surface area (Å²) in [6.45, 7) is 3.94. The van der Waals surface area contributed by atoms with Crippen LogP contribution in [0.3, 0.4) is 0 Å². The second kappa shape index (κ2) is 5.94. The first-order valence-electron chi connectivity index (χ1n) is 6.56. The van der Waals surface area contributed by atoms with Crippen molar-refractivity contribution < 1.29 is 0 Å². The van der Waals surface area contributed by atoms with Crippen LogP contribution < -0.4 is 5.56 Å². The molecule has 20 heavy (non-hydrogen) atoms. The van der Waals surface area contributed by atoms with Crippen LogP contribution >= 0.6 is 11.6 Å². The molecule has 0 aliphatic heterocycles.